The normalized spacial score (nSPS) is 16.0. The van der Waals surface area contributed by atoms with Crippen LogP contribution in [0.2, 0.25) is 0 Å². The summed E-state index contributed by atoms with van der Waals surface area (Å²) in [6, 6.07) is 7.80. The van der Waals surface area contributed by atoms with E-state index in [1.165, 1.54) is 0 Å². The van der Waals surface area contributed by atoms with E-state index in [0.717, 1.165) is 36.9 Å². The first-order valence-electron chi connectivity index (χ1n) is 9.02. The van der Waals surface area contributed by atoms with Crippen LogP contribution in [0.25, 0.3) is 11.2 Å². The van der Waals surface area contributed by atoms with E-state index in [1.807, 2.05) is 52.0 Å². The zero-order chi connectivity index (χ0) is 18.0. The summed E-state index contributed by atoms with van der Waals surface area (Å²) in [6.45, 7) is 0.617. The average Bonchev–Trinajstić information content (AvgIpc) is 3.33. The molecule has 0 aliphatic heterocycles. The number of aliphatic hydroxyl groups is 1. The third-order valence-corrected chi connectivity index (χ3v) is 5.39. The highest BCUT2D eigenvalue weighted by Gasteiger charge is 2.33. The van der Waals surface area contributed by atoms with Gasteiger partial charge in [-0.25, -0.2) is 8.97 Å². The molecule has 0 atom stereocenters. The Balaban J connectivity index is 1.60. The first-order chi connectivity index (χ1) is 12.7. The summed E-state index contributed by atoms with van der Waals surface area (Å²) in [6.07, 6.45) is 13.3. The number of amides is 1. The average molecular weight is 351 g/mol. The highest BCUT2D eigenvalue weighted by Crippen LogP contribution is 2.36. The number of rotatable bonds is 5. The van der Waals surface area contributed by atoms with Crippen LogP contribution < -0.4 is 9.88 Å². The molecular formula is C20H23N4O2+. The van der Waals surface area contributed by atoms with Crippen LogP contribution in [0.1, 0.15) is 36.0 Å². The molecular weight excluding hydrogens is 328 g/mol. The Bertz CT molecular complexity index is 895. The molecule has 3 aromatic heterocycles. The van der Waals surface area contributed by atoms with Crippen molar-refractivity contribution in [2.45, 2.75) is 25.7 Å². The molecule has 0 saturated heterocycles. The minimum absolute atomic E-state index is 0.118. The predicted octanol–water partition coefficient (Wildman–Crippen LogP) is 1.89. The Morgan fingerprint density at radius 3 is 2.92 bits per heavy atom. The second-order valence-corrected chi connectivity index (χ2v) is 7.13. The van der Waals surface area contributed by atoms with Gasteiger partial charge in [-0.2, -0.15) is 0 Å². The minimum Gasteiger partial charge on any atom is -0.396 e. The van der Waals surface area contributed by atoms with E-state index in [0.29, 0.717) is 12.1 Å². The van der Waals surface area contributed by atoms with Crippen LogP contribution >= 0.6 is 0 Å². The molecule has 1 aliphatic carbocycles. The van der Waals surface area contributed by atoms with Gasteiger partial charge in [0.15, 0.2) is 5.52 Å². The molecule has 0 radical (unpaired) electrons. The maximum Gasteiger partial charge on any atom is 0.257 e. The summed E-state index contributed by atoms with van der Waals surface area (Å²) < 4.78 is 3.94. The number of nitrogens with zero attached hydrogens (tertiary/aromatic N) is 3. The first kappa shape index (κ1) is 16.7. The lowest BCUT2D eigenvalue weighted by molar-refractivity contribution is -0.594. The molecule has 6 heteroatoms. The van der Waals surface area contributed by atoms with E-state index >= 15 is 0 Å². The molecule has 26 heavy (non-hydrogen) atoms. The smallest absolute Gasteiger partial charge is 0.257 e. The first-order valence-corrected chi connectivity index (χ1v) is 9.02. The van der Waals surface area contributed by atoms with E-state index in [9.17, 15) is 9.90 Å². The molecule has 1 saturated carbocycles. The fourth-order valence-electron chi connectivity index (χ4n) is 3.79. The van der Waals surface area contributed by atoms with Crippen LogP contribution in [0.4, 0.5) is 0 Å². The van der Waals surface area contributed by atoms with Crippen LogP contribution in [0.15, 0.2) is 55.4 Å². The van der Waals surface area contributed by atoms with E-state index in [4.69, 9.17) is 0 Å². The number of pyridine rings is 2. The van der Waals surface area contributed by atoms with Crippen molar-refractivity contribution >= 4 is 11.4 Å². The quantitative estimate of drug-likeness (QED) is 0.690. The van der Waals surface area contributed by atoms with Crippen molar-refractivity contribution in [3.8, 4) is 5.69 Å². The summed E-state index contributed by atoms with van der Waals surface area (Å²) in [5, 5.41) is 12.8. The Kier molecular flexibility index (Phi) is 4.42. The summed E-state index contributed by atoms with van der Waals surface area (Å²) in [5.74, 6) is -0.157. The molecule has 2 N–H and O–H groups in total. The van der Waals surface area contributed by atoms with Crippen molar-refractivity contribution < 1.29 is 14.5 Å². The van der Waals surface area contributed by atoms with Crippen molar-refractivity contribution in [3.05, 3.63) is 60.9 Å². The molecule has 6 nitrogen and oxygen atoms in total. The molecule has 0 aromatic carbocycles. The zero-order valence-corrected chi connectivity index (χ0v) is 14.6. The Labute approximate surface area is 152 Å². The SMILES string of the molecule is O=C(NCC1(CO)CCCC1)c1cnccc1-[n+]1cc2ccccn2c1. The van der Waals surface area contributed by atoms with E-state index in [1.54, 1.807) is 12.4 Å². The van der Waals surface area contributed by atoms with Gasteiger partial charge in [-0.15, -0.1) is 0 Å². The fourth-order valence-corrected chi connectivity index (χ4v) is 3.79. The number of hydrogen-bond donors (Lipinski definition) is 2. The third kappa shape index (κ3) is 3.08. The molecule has 1 aliphatic rings. The van der Waals surface area contributed by atoms with Gasteiger partial charge in [0.05, 0.1) is 12.8 Å². The highest BCUT2D eigenvalue weighted by molar-refractivity contribution is 5.96. The summed E-state index contributed by atoms with van der Waals surface area (Å²) in [5.41, 5.74) is 2.18. The van der Waals surface area contributed by atoms with Crippen molar-refractivity contribution in [3.63, 3.8) is 0 Å². The minimum atomic E-state index is -0.171. The van der Waals surface area contributed by atoms with Crippen LogP contribution in [0.5, 0.6) is 0 Å². The molecule has 4 rings (SSSR count). The molecule has 3 aromatic rings. The maximum atomic E-state index is 12.8. The lowest BCUT2D eigenvalue weighted by atomic mass is 9.87. The topological polar surface area (TPSA) is 70.5 Å². The Morgan fingerprint density at radius 2 is 2.15 bits per heavy atom. The number of nitrogens with one attached hydrogen (secondary N) is 1. The molecule has 1 fully saturated rings. The molecule has 0 spiro atoms. The number of carbonyl (C=O) groups is 1. The number of hydrogen-bond acceptors (Lipinski definition) is 3. The van der Waals surface area contributed by atoms with Crippen molar-refractivity contribution in [2.75, 3.05) is 13.2 Å². The van der Waals surface area contributed by atoms with Gasteiger partial charge < -0.3 is 10.4 Å². The van der Waals surface area contributed by atoms with Gasteiger partial charge in [-0.1, -0.05) is 18.9 Å². The van der Waals surface area contributed by atoms with Gasteiger partial charge >= 0.3 is 0 Å². The number of carbonyl (C=O) groups excluding carboxylic acids is 1. The third-order valence-electron chi connectivity index (χ3n) is 5.39. The van der Waals surface area contributed by atoms with Gasteiger partial charge in [0.25, 0.3) is 12.2 Å². The summed E-state index contributed by atoms with van der Waals surface area (Å²) >= 11 is 0. The van der Waals surface area contributed by atoms with Crippen molar-refractivity contribution in [1.82, 2.24) is 14.7 Å². The van der Waals surface area contributed by atoms with Crippen LogP contribution in [0, 0.1) is 5.41 Å². The molecule has 3 heterocycles. The second-order valence-electron chi connectivity index (χ2n) is 7.13. The Morgan fingerprint density at radius 1 is 1.31 bits per heavy atom. The van der Waals surface area contributed by atoms with Gasteiger partial charge in [-0.05, 0) is 25.0 Å². The number of aliphatic hydroxyl groups excluding tert-OH is 1. The van der Waals surface area contributed by atoms with E-state index in [2.05, 4.69) is 10.3 Å². The number of fused-ring (bicyclic) bond motifs is 1. The zero-order valence-electron chi connectivity index (χ0n) is 14.6. The van der Waals surface area contributed by atoms with Crippen molar-refractivity contribution in [1.29, 1.82) is 0 Å². The fraction of sp³-hybridized carbons (Fsp3) is 0.350. The predicted molar refractivity (Wildman–Crippen MR) is 97.0 cm³/mol. The standard InChI is InChI=1S/C20H22N4O2/c25-14-20(7-2-3-8-20)13-22-19(26)17-11-21-9-6-18(17)24-12-16-5-1-4-10-23(16)15-24/h1,4-6,9-12,15,25H,2-3,7-8,13-14H2/p+1. The molecule has 0 unspecified atom stereocenters. The van der Waals surface area contributed by atoms with Crippen LogP contribution in [0.3, 0.4) is 0 Å². The monoisotopic (exact) mass is 351 g/mol. The molecule has 134 valence electrons. The van der Waals surface area contributed by atoms with Crippen LogP contribution in [-0.4, -0.2) is 33.6 Å². The van der Waals surface area contributed by atoms with E-state index in [-0.39, 0.29) is 17.9 Å². The van der Waals surface area contributed by atoms with Crippen molar-refractivity contribution in [2.24, 2.45) is 5.41 Å². The largest absolute Gasteiger partial charge is 0.396 e. The molecule has 0 bridgehead atoms. The molecule has 1 amide bonds. The van der Waals surface area contributed by atoms with Gasteiger partial charge in [0, 0.05) is 30.4 Å². The summed E-state index contributed by atoms with van der Waals surface area (Å²) in [4.78, 5) is 16.9. The second kappa shape index (κ2) is 6.88. The number of imidazole rings is 1. The Hall–Kier alpha value is -2.73. The van der Waals surface area contributed by atoms with Gasteiger partial charge in [0.2, 0.25) is 0 Å². The highest BCUT2D eigenvalue weighted by atomic mass is 16.3. The lowest BCUT2D eigenvalue weighted by Crippen LogP contribution is -2.40. The lowest BCUT2D eigenvalue weighted by Gasteiger charge is -2.26. The maximum absolute atomic E-state index is 12.8. The van der Waals surface area contributed by atoms with E-state index < -0.39 is 0 Å². The number of aromatic nitrogens is 3. The van der Waals surface area contributed by atoms with Gasteiger partial charge in [0.1, 0.15) is 17.4 Å². The van der Waals surface area contributed by atoms with Gasteiger partial charge in [-0.3, -0.25) is 9.78 Å². The summed E-state index contributed by atoms with van der Waals surface area (Å²) in [7, 11) is 0. The van der Waals surface area contributed by atoms with Crippen LogP contribution in [-0.2, 0) is 0 Å².